The smallest absolute Gasteiger partial charge is 0.316 e. The molecule has 2 aromatic carbocycles. The van der Waals surface area contributed by atoms with E-state index < -0.39 is 5.92 Å². The number of anilines is 1. The Balaban J connectivity index is 1.73. The Kier molecular flexibility index (Phi) is 4.58. The molecule has 0 radical (unpaired) electrons. The Morgan fingerprint density at radius 2 is 1.75 bits per heavy atom. The number of benzene rings is 2. The zero-order valence-corrected chi connectivity index (χ0v) is 14.3. The molecule has 0 unspecified atom stereocenters. The summed E-state index contributed by atoms with van der Waals surface area (Å²) in [5, 5.41) is 0.608. The molecule has 0 saturated carbocycles. The van der Waals surface area contributed by atoms with Gasteiger partial charge in [0.15, 0.2) is 0 Å². The van der Waals surface area contributed by atoms with Gasteiger partial charge >= 0.3 is 5.97 Å². The van der Waals surface area contributed by atoms with E-state index in [4.69, 9.17) is 16.3 Å². The summed E-state index contributed by atoms with van der Waals surface area (Å²) in [4.78, 5) is 26.3. The first kappa shape index (κ1) is 16.5. The molecule has 4 nitrogen and oxygen atoms in total. The van der Waals surface area contributed by atoms with Gasteiger partial charge in [-0.2, -0.15) is 0 Å². The lowest BCUT2D eigenvalue weighted by molar-refractivity contribution is -0.139. The topological polar surface area (TPSA) is 46.6 Å². The van der Waals surface area contributed by atoms with Gasteiger partial charge in [-0.1, -0.05) is 29.8 Å². The van der Waals surface area contributed by atoms with Gasteiger partial charge in [0.1, 0.15) is 5.75 Å². The highest BCUT2D eigenvalue weighted by atomic mass is 35.5. The van der Waals surface area contributed by atoms with Crippen LogP contribution in [-0.4, -0.2) is 18.4 Å². The average molecular weight is 344 g/mol. The highest BCUT2D eigenvalue weighted by Gasteiger charge is 2.36. The van der Waals surface area contributed by atoms with Crippen LogP contribution in [-0.2, 0) is 9.59 Å². The minimum absolute atomic E-state index is 0.0826. The number of halogens is 1. The van der Waals surface area contributed by atoms with Crippen LogP contribution in [0.2, 0.25) is 5.02 Å². The van der Waals surface area contributed by atoms with Crippen molar-refractivity contribution in [3.05, 3.63) is 58.6 Å². The quantitative estimate of drug-likeness (QED) is 0.627. The number of hydrogen-bond acceptors (Lipinski definition) is 3. The molecule has 1 atom stereocenters. The molecule has 1 saturated heterocycles. The summed E-state index contributed by atoms with van der Waals surface area (Å²) in [6, 6.07) is 12.7. The van der Waals surface area contributed by atoms with Crippen LogP contribution < -0.4 is 9.64 Å². The van der Waals surface area contributed by atoms with Crippen LogP contribution in [0.3, 0.4) is 0 Å². The Hall–Kier alpha value is -2.33. The van der Waals surface area contributed by atoms with Gasteiger partial charge in [0.05, 0.1) is 5.92 Å². The van der Waals surface area contributed by atoms with Crippen LogP contribution in [0.15, 0.2) is 42.5 Å². The van der Waals surface area contributed by atoms with Crippen molar-refractivity contribution >= 4 is 29.2 Å². The van der Waals surface area contributed by atoms with Gasteiger partial charge in [0.2, 0.25) is 5.91 Å². The van der Waals surface area contributed by atoms with Crippen LogP contribution in [0.25, 0.3) is 0 Å². The molecule has 1 aliphatic heterocycles. The van der Waals surface area contributed by atoms with Crippen molar-refractivity contribution in [2.24, 2.45) is 5.92 Å². The lowest BCUT2D eigenvalue weighted by Gasteiger charge is -2.17. The highest BCUT2D eigenvalue weighted by molar-refractivity contribution is 6.30. The monoisotopic (exact) mass is 343 g/mol. The number of para-hydroxylation sites is 1. The number of rotatable bonds is 3. The van der Waals surface area contributed by atoms with Crippen molar-refractivity contribution in [1.82, 2.24) is 0 Å². The summed E-state index contributed by atoms with van der Waals surface area (Å²) >= 11 is 5.88. The zero-order chi connectivity index (χ0) is 17.3. The first-order valence-corrected chi connectivity index (χ1v) is 8.17. The first-order valence-electron chi connectivity index (χ1n) is 7.79. The molecule has 0 N–H and O–H groups in total. The molecule has 0 spiro atoms. The van der Waals surface area contributed by atoms with Gasteiger partial charge in [-0.05, 0) is 49.2 Å². The predicted molar refractivity (Wildman–Crippen MR) is 93.5 cm³/mol. The summed E-state index contributed by atoms with van der Waals surface area (Å²) in [6.45, 7) is 4.12. The van der Waals surface area contributed by atoms with E-state index in [1.165, 1.54) is 0 Å². The third kappa shape index (κ3) is 3.29. The van der Waals surface area contributed by atoms with Crippen LogP contribution >= 0.6 is 11.6 Å². The SMILES string of the molecule is Cc1cccc(C)c1OC(=O)[C@H]1CC(=O)N(c2ccc(Cl)cc2)C1. The Morgan fingerprint density at radius 3 is 2.38 bits per heavy atom. The van der Waals surface area contributed by atoms with Gasteiger partial charge < -0.3 is 9.64 Å². The maximum atomic E-state index is 12.5. The van der Waals surface area contributed by atoms with E-state index in [2.05, 4.69) is 0 Å². The number of carbonyl (C=O) groups is 2. The van der Waals surface area contributed by atoms with Gasteiger partial charge in [-0.3, -0.25) is 9.59 Å². The Morgan fingerprint density at radius 1 is 1.12 bits per heavy atom. The minimum atomic E-state index is -0.466. The second-order valence-electron chi connectivity index (χ2n) is 6.02. The van der Waals surface area contributed by atoms with E-state index in [0.29, 0.717) is 17.3 Å². The normalized spacial score (nSPS) is 17.2. The molecule has 0 aliphatic carbocycles. The summed E-state index contributed by atoms with van der Waals surface area (Å²) in [6.07, 6.45) is 0.159. The summed E-state index contributed by atoms with van der Waals surface area (Å²) < 4.78 is 5.57. The molecule has 1 amide bonds. The largest absolute Gasteiger partial charge is 0.426 e. The van der Waals surface area contributed by atoms with E-state index in [-0.39, 0.29) is 18.3 Å². The van der Waals surface area contributed by atoms with Gasteiger partial charge in [0, 0.05) is 23.7 Å². The van der Waals surface area contributed by atoms with E-state index in [1.807, 2.05) is 32.0 Å². The maximum absolute atomic E-state index is 12.5. The third-order valence-corrected chi connectivity index (χ3v) is 4.46. The second-order valence-corrected chi connectivity index (χ2v) is 6.46. The number of hydrogen-bond donors (Lipinski definition) is 0. The molecule has 1 fully saturated rings. The van der Waals surface area contributed by atoms with Crippen molar-refractivity contribution in [2.45, 2.75) is 20.3 Å². The van der Waals surface area contributed by atoms with Crippen molar-refractivity contribution in [3.63, 3.8) is 0 Å². The molecular weight excluding hydrogens is 326 g/mol. The van der Waals surface area contributed by atoms with E-state index in [9.17, 15) is 9.59 Å². The summed E-state index contributed by atoms with van der Waals surface area (Å²) in [7, 11) is 0. The molecule has 0 aromatic heterocycles. The highest BCUT2D eigenvalue weighted by Crippen LogP contribution is 2.29. The van der Waals surface area contributed by atoms with Gasteiger partial charge in [-0.25, -0.2) is 0 Å². The molecule has 124 valence electrons. The number of aryl methyl sites for hydroxylation is 2. The van der Waals surface area contributed by atoms with Gasteiger partial charge in [0.25, 0.3) is 0 Å². The Bertz CT molecular complexity index is 765. The van der Waals surface area contributed by atoms with Crippen LogP contribution in [0, 0.1) is 19.8 Å². The number of amides is 1. The molecule has 2 aromatic rings. The molecule has 1 heterocycles. The van der Waals surface area contributed by atoms with Crippen molar-refractivity contribution in [2.75, 3.05) is 11.4 Å². The van der Waals surface area contributed by atoms with E-state index in [1.54, 1.807) is 29.2 Å². The average Bonchev–Trinajstić information content (AvgIpc) is 2.94. The molecule has 24 heavy (non-hydrogen) atoms. The van der Waals surface area contributed by atoms with Crippen LogP contribution in [0.4, 0.5) is 5.69 Å². The number of esters is 1. The zero-order valence-electron chi connectivity index (χ0n) is 13.6. The Labute approximate surface area is 146 Å². The molecule has 0 bridgehead atoms. The van der Waals surface area contributed by atoms with Crippen molar-refractivity contribution in [3.8, 4) is 5.75 Å². The standard InChI is InChI=1S/C19H18ClNO3/c1-12-4-3-5-13(2)18(12)24-19(23)14-10-17(22)21(11-14)16-8-6-15(20)7-9-16/h3-9,14H,10-11H2,1-2H3/t14-/m0/s1. The first-order chi connectivity index (χ1) is 11.5. The fourth-order valence-corrected chi connectivity index (χ4v) is 3.01. The molecule has 5 heteroatoms. The predicted octanol–water partition coefficient (Wildman–Crippen LogP) is 3.92. The molecular formula is C19H18ClNO3. The van der Waals surface area contributed by atoms with Crippen LogP contribution in [0.5, 0.6) is 5.75 Å². The number of ether oxygens (including phenoxy) is 1. The van der Waals surface area contributed by atoms with E-state index >= 15 is 0 Å². The fraction of sp³-hybridized carbons (Fsp3) is 0.263. The number of carbonyl (C=O) groups excluding carboxylic acids is 2. The maximum Gasteiger partial charge on any atom is 0.316 e. The van der Waals surface area contributed by atoms with Crippen molar-refractivity contribution < 1.29 is 14.3 Å². The van der Waals surface area contributed by atoms with Crippen molar-refractivity contribution in [1.29, 1.82) is 0 Å². The number of nitrogens with zero attached hydrogens (tertiary/aromatic N) is 1. The summed E-state index contributed by atoms with van der Waals surface area (Å²) in [5.74, 6) is -0.329. The molecule has 3 rings (SSSR count). The minimum Gasteiger partial charge on any atom is -0.426 e. The fourth-order valence-electron chi connectivity index (χ4n) is 2.88. The third-order valence-electron chi connectivity index (χ3n) is 4.21. The second kappa shape index (κ2) is 6.65. The lowest BCUT2D eigenvalue weighted by atomic mass is 10.1. The van der Waals surface area contributed by atoms with Crippen LogP contribution in [0.1, 0.15) is 17.5 Å². The van der Waals surface area contributed by atoms with E-state index in [0.717, 1.165) is 16.8 Å². The van der Waals surface area contributed by atoms with Gasteiger partial charge in [-0.15, -0.1) is 0 Å². The molecule has 1 aliphatic rings. The summed E-state index contributed by atoms with van der Waals surface area (Å²) in [5.41, 5.74) is 2.55. The lowest BCUT2D eigenvalue weighted by Crippen LogP contribution is -2.27.